The van der Waals surface area contributed by atoms with E-state index in [1.165, 1.54) is 57.2 Å². The zero-order chi connectivity index (χ0) is 12.4. The van der Waals surface area contributed by atoms with Gasteiger partial charge in [0.05, 0.1) is 6.04 Å². The van der Waals surface area contributed by atoms with E-state index >= 15 is 0 Å². The van der Waals surface area contributed by atoms with Gasteiger partial charge in [-0.05, 0) is 68.2 Å². The third-order valence-corrected chi connectivity index (χ3v) is 5.61. The highest BCUT2D eigenvalue weighted by Gasteiger charge is 2.46. The van der Waals surface area contributed by atoms with Crippen LogP contribution < -0.4 is 5.32 Å². The molecule has 1 aromatic heterocycles. The Labute approximate surface area is 114 Å². The summed E-state index contributed by atoms with van der Waals surface area (Å²) in [6.07, 6.45) is 8.32. The molecule has 1 aliphatic heterocycles. The van der Waals surface area contributed by atoms with E-state index in [4.69, 9.17) is 0 Å². The molecule has 2 aliphatic rings. The van der Waals surface area contributed by atoms with Gasteiger partial charge >= 0.3 is 0 Å². The first-order chi connectivity index (χ1) is 8.87. The van der Waals surface area contributed by atoms with Gasteiger partial charge < -0.3 is 5.32 Å². The number of nitrogens with one attached hydrogen (secondary N) is 1. The van der Waals surface area contributed by atoms with Gasteiger partial charge in [-0.1, -0.05) is 12.8 Å². The van der Waals surface area contributed by atoms with Gasteiger partial charge in [0.1, 0.15) is 0 Å². The van der Waals surface area contributed by atoms with Crippen LogP contribution in [0, 0.1) is 0 Å². The van der Waals surface area contributed by atoms with Crippen LogP contribution >= 0.6 is 11.3 Å². The number of thiophene rings is 1. The quantitative estimate of drug-likeness (QED) is 0.896. The standard InChI is InChI=1S/C15H24N2S/c1-16-14(13-6-11-18-12-13)15(7-2-3-8-15)17-9-4-5-10-17/h6,11-12,14,16H,2-5,7-10H2,1H3. The van der Waals surface area contributed by atoms with Crippen molar-refractivity contribution >= 4 is 11.3 Å². The van der Waals surface area contributed by atoms with Gasteiger partial charge in [-0.25, -0.2) is 0 Å². The zero-order valence-electron chi connectivity index (χ0n) is 11.3. The summed E-state index contributed by atoms with van der Waals surface area (Å²) in [7, 11) is 2.14. The summed E-state index contributed by atoms with van der Waals surface area (Å²) in [5, 5.41) is 8.17. The Morgan fingerprint density at radius 2 is 1.94 bits per heavy atom. The Kier molecular flexibility index (Phi) is 3.73. The van der Waals surface area contributed by atoms with Crippen molar-refractivity contribution < 1.29 is 0 Å². The van der Waals surface area contributed by atoms with Crippen LogP contribution in [0.3, 0.4) is 0 Å². The minimum absolute atomic E-state index is 0.395. The minimum atomic E-state index is 0.395. The Hall–Kier alpha value is -0.380. The van der Waals surface area contributed by atoms with Gasteiger partial charge in [-0.3, -0.25) is 4.90 Å². The van der Waals surface area contributed by atoms with Crippen molar-refractivity contribution in [1.82, 2.24) is 10.2 Å². The van der Waals surface area contributed by atoms with Gasteiger partial charge in [-0.2, -0.15) is 11.3 Å². The molecular formula is C15H24N2S. The largest absolute Gasteiger partial charge is 0.311 e. The molecule has 0 bridgehead atoms. The fourth-order valence-electron chi connectivity index (χ4n) is 4.12. The van der Waals surface area contributed by atoms with Crippen molar-refractivity contribution in [3.05, 3.63) is 22.4 Å². The van der Waals surface area contributed by atoms with Crippen molar-refractivity contribution in [2.45, 2.75) is 50.1 Å². The third-order valence-electron chi connectivity index (χ3n) is 4.91. The Balaban J connectivity index is 1.92. The number of rotatable bonds is 4. The molecule has 0 aromatic carbocycles. The molecule has 1 aliphatic carbocycles. The Morgan fingerprint density at radius 3 is 2.50 bits per heavy atom. The van der Waals surface area contributed by atoms with E-state index in [1.54, 1.807) is 0 Å². The van der Waals surface area contributed by atoms with E-state index in [-0.39, 0.29) is 0 Å². The monoisotopic (exact) mass is 264 g/mol. The third kappa shape index (κ3) is 2.02. The fourth-order valence-corrected chi connectivity index (χ4v) is 4.81. The lowest BCUT2D eigenvalue weighted by molar-refractivity contribution is 0.0798. The van der Waals surface area contributed by atoms with Gasteiger partial charge in [0, 0.05) is 5.54 Å². The molecule has 0 amide bonds. The smallest absolute Gasteiger partial charge is 0.0513 e. The van der Waals surface area contributed by atoms with Crippen LogP contribution in [0.1, 0.15) is 50.1 Å². The zero-order valence-corrected chi connectivity index (χ0v) is 12.1. The highest BCUT2D eigenvalue weighted by molar-refractivity contribution is 7.07. The predicted octanol–water partition coefficient (Wildman–Crippen LogP) is 3.42. The van der Waals surface area contributed by atoms with Crippen molar-refractivity contribution in [1.29, 1.82) is 0 Å². The lowest BCUT2D eigenvalue weighted by atomic mass is 9.83. The van der Waals surface area contributed by atoms with Gasteiger partial charge in [-0.15, -0.1) is 0 Å². The summed E-state index contributed by atoms with van der Waals surface area (Å²) in [5.41, 5.74) is 1.89. The summed E-state index contributed by atoms with van der Waals surface area (Å²) in [5.74, 6) is 0. The second-order valence-electron chi connectivity index (χ2n) is 5.78. The summed E-state index contributed by atoms with van der Waals surface area (Å²) >= 11 is 1.82. The lowest BCUT2D eigenvalue weighted by Gasteiger charge is -2.45. The van der Waals surface area contributed by atoms with Gasteiger partial charge in [0.25, 0.3) is 0 Å². The maximum Gasteiger partial charge on any atom is 0.0513 e. The molecule has 2 fully saturated rings. The van der Waals surface area contributed by atoms with Gasteiger partial charge in [0.2, 0.25) is 0 Å². The molecule has 0 radical (unpaired) electrons. The number of likely N-dealkylation sites (tertiary alicyclic amines) is 1. The maximum atomic E-state index is 3.63. The van der Waals surface area contributed by atoms with Crippen LogP contribution in [-0.4, -0.2) is 30.6 Å². The first-order valence-corrected chi connectivity index (χ1v) is 8.25. The second kappa shape index (κ2) is 5.32. The van der Waals surface area contributed by atoms with Crippen molar-refractivity contribution in [2.75, 3.05) is 20.1 Å². The van der Waals surface area contributed by atoms with E-state index in [2.05, 4.69) is 34.1 Å². The van der Waals surface area contributed by atoms with Gasteiger partial charge in [0.15, 0.2) is 0 Å². The Morgan fingerprint density at radius 1 is 1.22 bits per heavy atom. The summed E-state index contributed by atoms with van der Waals surface area (Å²) < 4.78 is 0. The van der Waals surface area contributed by atoms with E-state index in [1.807, 2.05) is 11.3 Å². The number of nitrogens with zero attached hydrogens (tertiary/aromatic N) is 1. The highest BCUT2D eigenvalue weighted by atomic mass is 32.1. The summed E-state index contributed by atoms with van der Waals surface area (Å²) in [4.78, 5) is 2.79. The lowest BCUT2D eigenvalue weighted by Crippen LogP contribution is -2.53. The van der Waals surface area contributed by atoms with Crippen molar-refractivity contribution in [3.8, 4) is 0 Å². The topological polar surface area (TPSA) is 15.3 Å². The van der Waals surface area contributed by atoms with Crippen LogP contribution in [0.4, 0.5) is 0 Å². The van der Waals surface area contributed by atoms with E-state index in [0.29, 0.717) is 11.6 Å². The first kappa shape index (κ1) is 12.6. The number of hydrogen-bond acceptors (Lipinski definition) is 3. The van der Waals surface area contributed by atoms with E-state index in [9.17, 15) is 0 Å². The molecular weight excluding hydrogens is 240 g/mol. The average Bonchev–Trinajstić information content (AvgIpc) is 3.14. The van der Waals surface area contributed by atoms with Crippen LogP contribution in [0.15, 0.2) is 16.8 Å². The van der Waals surface area contributed by atoms with Crippen LogP contribution in [-0.2, 0) is 0 Å². The van der Waals surface area contributed by atoms with Crippen LogP contribution in [0.2, 0.25) is 0 Å². The molecule has 2 heterocycles. The first-order valence-electron chi connectivity index (χ1n) is 7.31. The molecule has 1 saturated heterocycles. The molecule has 1 aromatic rings. The molecule has 2 nitrogen and oxygen atoms in total. The molecule has 100 valence electrons. The second-order valence-corrected chi connectivity index (χ2v) is 6.56. The SMILES string of the molecule is CNC(c1ccsc1)C1(N2CCCC2)CCCC1. The number of hydrogen-bond donors (Lipinski definition) is 1. The maximum absolute atomic E-state index is 3.63. The van der Waals surface area contributed by atoms with Crippen molar-refractivity contribution in [3.63, 3.8) is 0 Å². The summed E-state index contributed by atoms with van der Waals surface area (Å²) in [6.45, 7) is 2.62. The Bertz CT molecular complexity index is 362. The summed E-state index contributed by atoms with van der Waals surface area (Å²) in [6, 6.07) is 2.83. The molecule has 1 saturated carbocycles. The molecule has 18 heavy (non-hydrogen) atoms. The van der Waals surface area contributed by atoms with Crippen molar-refractivity contribution in [2.24, 2.45) is 0 Å². The molecule has 1 atom stereocenters. The molecule has 0 spiro atoms. The normalized spacial score (nSPS) is 25.6. The average molecular weight is 264 g/mol. The van der Waals surface area contributed by atoms with Crippen LogP contribution in [0.25, 0.3) is 0 Å². The number of likely N-dealkylation sites (N-methyl/N-ethyl adjacent to an activating group) is 1. The van der Waals surface area contributed by atoms with Crippen LogP contribution in [0.5, 0.6) is 0 Å². The molecule has 1 unspecified atom stereocenters. The minimum Gasteiger partial charge on any atom is -0.311 e. The molecule has 3 heteroatoms. The highest BCUT2D eigenvalue weighted by Crippen LogP contribution is 2.46. The predicted molar refractivity (Wildman–Crippen MR) is 78.1 cm³/mol. The van der Waals surface area contributed by atoms with E-state index < -0.39 is 0 Å². The molecule has 3 rings (SSSR count). The molecule has 1 N–H and O–H groups in total. The fraction of sp³-hybridized carbons (Fsp3) is 0.733. The van der Waals surface area contributed by atoms with E-state index in [0.717, 1.165) is 0 Å².